The third-order valence-electron chi connectivity index (χ3n) is 3.82. The van der Waals surface area contributed by atoms with Crippen molar-refractivity contribution in [1.82, 2.24) is 14.7 Å². The van der Waals surface area contributed by atoms with Gasteiger partial charge in [-0.15, -0.1) is 0 Å². The number of carbonyl (C=O) groups excluding carboxylic acids is 1. The van der Waals surface area contributed by atoms with E-state index in [1.807, 2.05) is 0 Å². The number of hydrogen-bond donors (Lipinski definition) is 2. The Hall–Kier alpha value is -1.79. The highest BCUT2D eigenvalue weighted by atomic mass is 16.3. The van der Waals surface area contributed by atoms with Crippen LogP contribution < -0.4 is 5.73 Å². The maximum atomic E-state index is 12.4. The van der Waals surface area contributed by atoms with Gasteiger partial charge in [0.1, 0.15) is 0 Å². The van der Waals surface area contributed by atoms with E-state index in [9.17, 15) is 9.90 Å². The molecule has 0 bridgehead atoms. The summed E-state index contributed by atoms with van der Waals surface area (Å²) in [5.41, 5.74) is 6.17. The van der Waals surface area contributed by atoms with Gasteiger partial charge in [0.15, 0.2) is 5.75 Å². The van der Waals surface area contributed by atoms with Crippen LogP contribution in [0.25, 0.3) is 0 Å². The first-order valence-corrected chi connectivity index (χ1v) is 7.23. The molecule has 1 aromatic rings. The number of nitrogen functional groups attached to an aromatic ring is 1. The molecule has 1 fully saturated rings. The summed E-state index contributed by atoms with van der Waals surface area (Å²) in [4.78, 5) is 18.7. The molecule has 1 heterocycles. The number of nitrogens with two attached hydrogens (primary N) is 1. The van der Waals surface area contributed by atoms with Crippen molar-refractivity contribution in [2.24, 2.45) is 0 Å². The van der Waals surface area contributed by atoms with E-state index < -0.39 is 0 Å². The van der Waals surface area contributed by atoms with E-state index in [4.69, 9.17) is 5.73 Å². The van der Waals surface area contributed by atoms with Crippen LogP contribution in [0.15, 0.2) is 18.2 Å². The van der Waals surface area contributed by atoms with Crippen molar-refractivity contribution < 1.29 is 9.90 Å². The number of phenols is 1. The molecule has 0 aliphatic carbocycles. The number of likely N-dealkylation sites (N-methyl/N-ethyl adjacent to an activating group) is 1. The van der Waals surface area contributed by atoms with Gasteiger partial charge in [-0.3, -0.25) is 9.69 Å². The molecule has 0 aromatic heterocycles. The Kier molecular flexibility index (Phi) is 5.03. The number of benzene rings is 1. The number of amides is 1. The smallest absolute Gasteiger partial charge is 0.257 e. The molecule has 3 N–H and O–H groups in total. The zero-order valence-corrected chi connectivity index (χ0v) is 12.7. The first-order chi connectivity index (χ1) is 9.99. The van der Waals surface area contributed by atoms with Gasteiger partial charge in [0.2, 0.25) is 0 Å². The van der Waals surface area contributed by atoms with Gasteiger partial charge in [-0.1, -0.05) is 6.07 Å². The van der Waals surface area contributed by atoms with Crippen LogP contribution in [0.5, 0.6) is 5.75 Å². The lowest BCUT2D eigenvalue weighted by Gasteiger charge is -2.35. The van der Waals surface area contributed by atoms with Gasteiger partial charge in [-0.05, 0) is 26.2 Å². The van der Waals surface area contributed by atoms with Crippen LogP contribution in [0.4, 0.5) is 5.69 Å². The van der Waals surface area contributed by atoms with Gasteiger partial charge in [-0.2, -0.15) is 0 Å². The standard InChI is InChI=1S/C15H24N4O2/c1-17(2)6-7-18-8-10-19(11-9-18)15(21)12-4-3-5-13(16)14(12)20/h3-5,20H,6-11,16H2,1-2H3. The SMILES string of the molecule is CN(C)CCN1CCN(C(=O)c2cccc(N)c2O)CC1. The van der Waals surface area contributed by atoms with Crippen molar-refractivity contribution >= 4 is 11.6 Å². The topological polar surface area (TPSA) is 73.0 Å². The lowest BCUT2D eigenvalue weighted by molar-refractivity contribution is 0.0627. The van der Waals surface area contributed by atoms with E-state index in [1.165, 1.54) is 0 Å². The molecule has 1 aliphatic rings. The highest BCUT2D eigenvalue weighted by Crippen LogP contribution is 2.25. The van der Waals surface area contributed by atoms with Gasteiger partial charge in [0.05, 0.1) is 11.3 Å². The van der Waals surface area contributed by atoms with E-state index in [0.717, 1.165) is 26.2 Å². The van der Waals surface area contributed by atoms with Crippen LogP contribution in [-0.4, -0.2) is 79.1 Å². The minimum absolute atomic E-state index is 0.113. The second-order valence-corrected chi connectivity index (χ2v) is 5.68. The maximum absolute atomic E-state index is 12.4. The predicted octanol–water partition coefficient (Wildman–Crippen LogP) is 0.294. The van der Waals surface area contributed by atoms with Crippen molar-refractivity contribution in [3.05, 3.63) is 23.8 Å². The molecular weight excluding hydrogens is 268 g/mol. The second kappa shape index (κ2) is 6.78. The number of aromatic hydroxyl groups is 1. The number of nitrogens with zero attached hydrogens (tertiary/aromatic N) is 3. The molecule has 1 aromatic carbocycles. The molecule has 1 saturated heterocycles. The highest BCUT2D eigenvalue weighted by molar-refractivity contribution is 5.98. The summed E-state index contributed by atoms with van der Waals surface area (Å²) in [5, 5.41) is 9.91. The number of piperazine rings is 1. The number of anilines is 1. The van der Waals surface area contributed by atoms with Crippen LogP contribution >= 0.6 is 0 Å². The largest absolute Gasteiger partial charge is 0.505 e. The summed E-state index contributed by atoms with van der Waals surface area (Å²) >= 11 is 0. The van der Waals surface area contributed by atoms with Crippen LogP contribution in [0.1, 0.15) is 10.4 Å². The fraction of sp³-hybridized carbons (Fsp3) is 0.533. The Bertz CT molecular complexity index is 496. The molecule has 6 nitrogen and oxygen atoms in total. The van der Waals surface area contributed by atoms with E-state index in [1.54, 1.807) is 23.1 Å². The lowest BCUT2D eigenvalue weighted by atomic mass is 10.1. The summed E-state index contributed by atoms with van der Waals surface area (Å²) in [6.45, 7) is 5.12. The summed E-state index contributed by atoms with van der Waals surface area (Å²) in [7, 11) is 4.12. The summed E-state index contributed by atoms with van der Waals surface area (Å²) in [6, 6.07) is 4.90. The molecule has 0 unspecified atom stereocenters. The molecule has 0 radical (unpaired) electrons. The normalized spacial score (nSPS) is 16.4. The second-order valence-electron chi connectivity index (χ2n) is 5.68. The van der Waals surface area contributed by atoms with E-state index in [2.05, 4.69) is 23.9 Å². The molecule has 0 spiro atoms. The number of hydrogen-bond acceptors (Lipinski definition) is 5. The minimum Gasteiger partial charge on any atom is -0.505 e. The van der Waals surface area contributed by atoms with Crippen molar-refractivity contribution in [3.63, 3.8) is 0 Å². The van der Waals surface area contributed by atoms with Crippen LogP contribution in [0.2, 0.25) is 0 Å². The molecule has 6 heteroatoms. The zero-order valence-electron chi connectivity index (χ0n) is 12.7. The Balaban J connectivity index is 1.93. The Labute approximate surface area is 125 Å². The average molecular weight is 292 g/mol. The number of phenolic OH excluding ortho intramolecular Hbond substituents is 1. The number of rotatable bonds is 4. The molecule has 0 saturated carbocycles. The van der Waals surface area contributed by atoms with Gasteiger partial charge in [0, 0.05) is 39.3 Å². The minimum atomic E-state index is -0.146. The van der Waals surface area contributed by atoms with Crippen LogP contribution in [0, 0.1) is 0 Å². The molecule has 0 atom stereocenters. The van der Waals surface area contributed by atoms with Crippen LogP contribution in [0.3, 0.4) is 0 Å². The van der Waals surface area contributed by atoms with Crippen molar-refractivity contribution in [2.45, 2.75) is 0 Å². The van der Waals surface area contributed by atoms with Crippen molar-refractivity contribution in [2.75, 3.05) is 59.1 Å². The molecular formula is C15H24N4O2. The third kappa shape index (κ3) is 3.86. The molecule has 1 amide bonds. The highest BCUT2D eigenvalue weighted by Gasteiger charge is 2.24. The summed E-state index contributed by atoms with van der Waals surface area (Å²) in [5.74, 6) is -0.260. The fourth-order valence-corrected chi connectivity index (χ4v) is 2.42. The fourth-order valence-electron chi connectivity index (χ4n) is 2.42. The molecule has 2 rings (SSSR count). The van der Waals surface area contributed by atoms with Crippen LogP contribution in [-0.2, 0) is 0 Å². The third-order valence-corrected chi connectivity index (χ3v) is 3.82. The number of para-hydroxylation sites is 1. The Morgan fingerprint density at radius 1 is 1.29 bits per heavy atom. The molecule has 21 heavy (non-hydrogen) atoms. The van der Waals surface area contributed by atoms with Gasteiger partial charge in [0.25, 0.3) is 5.91 Å². The predicted molar refractivity (Wildman–Crippen MR) is 83.4 cm³/mol. The first-order valence-electron chi connectivity index (χ1n) is 7.23. The Morgan fingerprint density at radius 2 is 1.95 bits per heavy atom. The number of carbonyl (C=O) groups is 1. The van der Waals surface area contributed by atoms with Gasteiger partial charge < -0.3 is 20.6 Å². The maximum Gasteiger partial charge on any atom is 0.257 e. The van der Waals surface area contributed by atoms with Crippen molar-refractivity contribution in [1.29, 1.82) is 0 Å². The molecule has 1 aliphatic heterocycles. The molecule has 116 valence electrons. The van der Waals surface area contributed by atoms with E-state index in [0.29, 0.717) is 13.1 Å². The quantitative estimate of drug-likeness (QED) is 0.616. The monoisotopic (exact) mass is 292 g/mol. The average Bonchev–Trinajstić information content (AvgIpc) is 2.48. The lowest BCUT2D eigenvalue weighted by Crippen LogP contribution is -2.50. The van der Waals surface area contributed by atoms with E-state index in [-0.39, 0.29) is 22.9 Å². The van der Waals surface area contributed by atoms with Gasteiger partial charge >= 0.3 is 0 Å². The Morgan fingerprint density at radius 3 is 2.57 bits per heavy atom. The zero-order chi connectivity index (χ0) is 15.4. The van der Waals surface area contributed by atoms with E-state index >= 15 is 0 Å². The van der Waals surface area contributed by atoms with Crippen molar-refractivity contribution in [3.8, 4) is 5.75 Å². The summed E-state index contributed by atoms with van der Waals surface area (Å²) < 4.78 is 0. The summed E-state index contributed by atoms with van der Waals surface area (Å²) in [6.07, 6.45) is 0. The van der Waals surface area contributed by atoms with Gasteiger partial charge in [-0.25, -0.2) is 0 Å². The first kappa shape index (κ1) is 15.6.